The molecule has 0 unspecified atom stereocenters. The lowest BCUT2D eigenvalue weighted by atomic mass is 9.85. The van der Waals surface area contributed by atoms with E-state index in [0.717, 1.165) is 23.2 Å². The Labute approximate surface area is 277 Å². The fourth-order valence-electron chi connectivity index (χ4n) is 5.60. The van der Waals surface area contributed by atoms with E-state index in [9.17, 15) is 9.59 Å². The molecule has 42 heavy (non-hydrogen) atoms. The van der Waals surface area contributed by atoms with E-state index < -0.39 is 0 Å². The van der Waals surface area contributed by atoms with Crippen LogP contribution in [0.4, 0.5) is 5.69 Å². The average molecular weight is 649 g/mol. The van der Waals surface area contributed by atoms with Crippen molar-refractivity contribution in [2.45, 2.75) is 69.9 Å². The third kappa shape index (κ3) is 10.5. The molecule has 3 aromatic carbocycles. The molecule has 2 N–H and O–H groups in total. The predicted octanol–water partition coefficient (Wildman–Crippen LogP) is 5.87. The third-order valence-corrected chi connectivity index (χ3v) is 7.65. The zero-order valence-electron chi connectivity index (χ0n) is 23.7. The number of ether oxygens (including phenoxy) is 2. The number of nitrogens with one attached hydrogen (secondary N) is 2. The van der Waals surface area contributed by atoms with Gasteiger partial charge in [-0.05, 0) is 47.9 Å². The van der Waals surface area contributed by atoms with Gasteiger partial charge in [-0.3, -0.25) is 4.79 Å². The molecular formula is C32H44N2O4S4. The Bertz CT molecular complexity index is 1180. The molecular weight excluding hydrogens is 605 g/mol. The van der Waals surface area contributed by atoms with Crippen LogP contribution in [0, 0.1) is 5.92 Å². The highest BCUT2D eigenvalue weighted by molar-refractivity contribution is 7.59. The van der Waals surface area contributed by atoms with Crippen LogP contribution in [0.2, 0.25) is 0 Å². The fraction of sp³-hybridized carbons (Fsp3) is 0.375. The first-order chi connectivity index (χ1) is 18.7. The van der Waals surface area contributed by atoms with E-state index in [1.54, 1.807) is 0 Å². The van der Waals surface area contributed by atoms with Crippen LogP contribution in [0.25, 0.3) is 0 Å². The molecule has 3 aliphatic rings. The zero-order valence-corrected chi connectivity index (χ0v) is 27.7. The van der Waals surface area contributed by atoms with Gasteiger partial charge in [0.1, 0.15) is 25.3 Å². The molecule has 6 nitrogen and oxygen atoms in total. The van der Waals surface area contributed by atoms with Gasteiger partial charge in [0.05, 0.1) is 0 Å². The van der Waals surface area contributed by atoms with Gasteiger partial charge < -0.3 is 20.1 Å². The SMILES string of the molecule is O=C(OCc1ccccc1)[C@H]1C[C@H]2CCCC[C@H]2N1.O=C(OCc1ccccc1)[C@H]1Cc2ccccc2N1.S.S.S.S. The molecule has 3 aromatic rings. The molecule has 0 radical (unpaired) electrons. The number of carbonyl (C=O) groups excluding carboxylic acids is 2. The molecule has 2 aliphatic heterocycles. The summed E-state index contributed by atoms with van der Waals surface area (Å²) in [6.45, 7) is 0.710. The van der Waals surface area contributed by atoms with Crippen LogP contribution in [-0.4, -0.2) is 30.1 Å². The normalized spacial score (nSPS) is 21.0. The summed E-state index contributed by atoms with van der Waals surface area (Å²) in [7, 11) is 0. The zero-order chi connectivity index (χ0) is 26.2. The Kier molecular flexibility index (Phi) is 17.2. The van der Waals surface area contributed by atoms with Crippen molar-refractivity contribution < 1.29 is 19.1 Å². The van der Waals surface area contributed by atoms with Crippen molar-refractivity contribution in [2.24, 2.45) is 5.92 Å². The standard InChI is InChI=1S/C16H21NO2.C16H15NO2.4H2S/c2*18-16(19-11-12-6-2-1-3-7-12)15-10-13-8-4-5-9-14(13)17-15;;;;/h1-3,6-7,13-15,17H,4-5,8-11H2;1-9,15,17H,10-11H2;4*1H2/t13-,14-,15-;15-;;;;/m11..../s1. The number of hydrogen-bond acceptors (Lipinski definition) is 6. The van der Waals surface area contributed by atoms with Crippen LogP contribution in [0.15, 0.2) is 84.9 Å². The highest BCUT2D eigenvalue weighted by Gasteiger charge is 2.38. The number of para-hydroxylation sites is 1. The second-order valence-corrected chi connectivity index (χ2v) is 10.4. The van der Waals surface area contributed by atoms with Crippen LogP contribution in [0.5, 0.6) is 0 Å². The van der Waals surface area contributed by atoms with Gasteiger partial charge in [0.15, 0.2) is 0 Å². The first-order valence-corrected chi connectivity index (χ1v) is 13.7. The van der Waals surface area contributed by atoms with Gasteiger partial charge in [-0.25, -0.2) is 4.79 Å². The number of fused-ring (bicyclic) bond motifs is 2. The Balaban J connectivity index is 0.000000383. The van der Waals surface area contributed by atoms with Gasteiger partial charge >= 0.3 is 11.9 Å². The fourth-order valence-corrected chi connectivity index (χ4v) is 5.60. The van der Waals surface area contributed by atoms with Gasteiger partial charge in [0.2, 0.25) is 0 Å². The topological polar surface area (TPSA) is 76.7 Å². The van der Waals surface area contributed by atoms with Gasteiger partial charge in [-0.2, -0.15) is 54.0 Å². The smallest absolute Gasteiger partial charge is 0.329 e. The van der Waals surface area contributed by atoms with Crippen molar-refractivity contribution in [3.63, 3.8) is 0 Å². The molecule has 1 saturated heterocycles. The molecule has 2 heterocycles. The number of esters is 2. The van der Waals surface area contributed by atoms with E-state index in [1.807, 2.05) is 84.9 Å². The molecule has 10 heteroatoms. The Morgan fingerprint density at radius 2 is 1.19 bits per heavy atom. The first-order valence-electron chi connectivity index (χ1n) is 13.7. The summed E-state index contributed by atoms with van der Waals surface area (Å²) >= 11 is 0. The van der Waals surface area contributed by atoms with Crippen molar-refractivity contribution in [2.75, 3.05) is 5.32 Å². The predicted molar refractivity (Wildman–Crippen MR) is 189 cm³/mol. The summed E-state index contributed by atoms with van der Waals surface area (Å²) in [6, 6.07) is 27.7. The van der Waals surface area contributed by atoms with Crippen molar-refractivity contribution in [3.8, 4) is 0 Å². The number of anilines is 1. The Morgan fingerprint density at radius 1 is 0.667 bits per heavy atom. The summed E-state index contributed by atoms with van der Waals surface area (Å²) in [5, 5.41) is 6.65. The van der Waals surface area contributed by atoms with Crippen molar-refractivity contribution in [1.29, 1.82) is 0 Å². The summed E-state index contributed by atoms with van der Waals surface area (Å²) in [5.41, 5.74) is 4.26. The van der Waals surface area contributed by atoms with Crippen molar-refractivity contribution >= 4 is 71.6 Å². The van der Waals surface area contributed by atoms with Crippen molar-refractivity contribution in [1.82, 2.24) is 5.32 Å². The van der Waals surface area contributed by atoms with E-state index in [0.29, 0.717) is 31.6 Å². The lowest BCUT2D eigenvalue weighted by Crippen LogP contribution is -2.37. The van der Waals surface area contributed by atoms with Gasteiger partial charge in [-0.15, -0.1) is 0 Å². The minimum atomic E-state index is -0.263. The van der Waals surface area contributed by atoms with E-state index in [2.05, 4.69) is 10.6 Å². The number of benzene rings is 3. The number of hydrogen-bond donors (Lipinski definition) is 2. The van der Waals surface area contributed by atoms with Gasteiger partial charge in [-0.1, -0.05) is 91.7 Å². The largest absolute Gasteiger partial charge is 0.460 e. The van der Waals surface area contributed by atoms with Gasteiger partial charge in [0.25, 0.3) is 0 Å². The highest BCUT2D eigenvalue weighted by Crippen LogP contribution is 2.33. The minimum absolute atomic E-state index is 0. The first kappa shape index (κ1) is 37.8. The van der Waals surface area contributed by atoms with Crippen LogP contribution in [-0.2, 0) is 38.7 Å². The summed E-state index contributed by atoms with van der Waals surface area (Å²) < 4.78 is 10.8. The van der Waals surface area contributed by atoms with Crippen LogP contribution in [0.1, 0.15) is 48.8 Å². The summed E-state index contributed by atoms with van der Waals surface area (Å²) in [4.78, 5) is 24.1. The maximum atomic E-state index is 12.1. The van der Waals surface area contributed by atoms with E-state index >= 15 is 0 Å². The summed E-state index contributed by atoms with van der Waals surface area (Å²) in [6.07, 6.45) is 6.74. The molecule has 0 aromatic heterocycles. The van der Waals surface area contributed by atoms with Crippen molar-refractivity contribution in [3.05, 3.63) is 102 Å². The van der Waals surface area contributed by atoms with E-state index in [-0.39, 0.29) is 78.0 Å². The molecule has 1 aliphatic carbocycles. The monoisotopic (exact) mass is 648 g/mol. The van der Waals surface area contributed by atoms with Crippen LogP contribution < -0.4 is 10.6 Å². The summed E-state index contributed by atoms with van der Waals surface area (Å²) in [5.74, 6) is 0.404. The van der Waals surface area contributed by atoms with E-state index in [1.165, 1.54) is 31.2 Å². The maximum Gasteiger partial charge on any atom is 0.329 e. The molecule has 0 spiro atoms. The lowest BCUT2D eigenvalue weighted by Gasteiger charge is -2.24. The second kappa shape index (κ2) is 19.1. The highest BCUT2D eigenvalue weighted by atomic mass is 32.1. The quantitative estimate of drug-likeness (QED) is 0.326. The minimum Gasteiger partial charge on any atom is -0.460 e. The number of rotatable bonds is 6. The average Bonchev–Trinajstić information content (AvgIpc) is 3.61. The molecule has 2 fully saturated rings. The molecule has 6 rings (SSSR count). The Morgan fingerprint density at radius 3 is 1.76 bits per heavy atom. The van der Waals surface area contributed by atoms with Crippen LogP contribution >= 0.6 is 54.0 Å². The van der Waals surface area contributed by atoms with E-state index in [4.69, 9.17) is 9.47 Å². The maximum absolute atomic E-state index is 12.1. The molecule has 0 bridgehead atoms. The molecule has 4 atom stereocenters. The van der Waals surface area contributed by atoms with Gasteiger partial charge in [0, 0.05) is 18.2 Å². The van der Waals surface area contributed by atoms with Crippen LogP contribution in [0.3, 0.4) is 0 Å². The third-order valence-electron chi connectivity index (χ3n) is 7.65. The molecule has 1 saturated carbocycles. The Hall–Kier alpha value is -2.24. The molecule has 230 valence electrons. The molecule has 0 amide bonds. The number of carbonyl (C=O) groups is 2. The second-order valence-electron chi connectivity index (χ2n) is 10.4. The lowest BCUT2D eigenvalue weighted by molar-refractivity contribution is -0.147.